The van der Waals surface area contributed by atoms with E-state index >= 15 is 0 Å². The van der Waals surface area contributed by atoms with Crippen molar-refractivity contribution in [3.8, 4) is 11.5 Å². The number of carbonyl (C=O) groups excluding carboxylic acids is 1. The lowest BCUT2D eigenvalue weighted by molar-refractivity contribution is -0.384. The van der Waals surface area contributed by atoms with E-state index in [1.807, 2.05) is 30.3 Å². The van der Waals surface area contributed by atoms with E-state index in [2.05, 4.69) is 4.98 Å². The lowest BCUT2D eigenvalue weighted by Gasteiger charge is -2.04. The van der Waals surface area contributed by atoms with Crippen LogP contribution in [0.3, 0.4) is 0 Å². The molecule has 0 N–H and O–H groups in total. The zero-order valence-corrected chi connectivity index (χ0v) is 13.5. The average Bonchev–Trinajstić information content (AvgIpc) is 3.09. The second-order valence-electron chi connectivity index (χ2n) is 5.01. The first-order valence-electron chi connectivity index (χ1n) is 7.15. The number of nitro groups is 1. The fourth-order valence-corrected chi connectivity index (χ4v) is 2.28. The number of aromatic nitrogens is 1. The monoisotopic (exact) mass is 358 g/mol. The molecule has 8 heteroatoms. The second kappa shape index (κ2) is 7.14. The molecule has 0 atom stereocenters. The molecule has 0 radical (unpaired) electrons. The van der Waals surface area contributed by atoms with E-state index in [1.54, 1.807) is 0 Å². The number of ether oxygens (including phenoxy) is 1. The molecular weight excluding hydrogens is 348 g/mol. The molecule has 3 rings (SSSR count). The molecule has 0 bridgehead atoms. The third-order valence-electron chi connectivity index (χ3n) is 3.30. The molecule has 2 aromatic carbocycles. The SMILES string of the molecule is O=C(OCc1coc(-c2ccccc2)n1)c1cc([N+](=O)[O-])ccc1Cl. The lowest BCUT2D eigenvalue weighted by Crippen LogP contribution is -2.07. The summed E-state index contributed by atoms with van der Waals surface area (Å²) in [6, 6.07) is 12.8. The van der Waals surface area contributed by atoms with Gasteiger partial charge >= 0.3 is 5.97 Å². The molecule has 0 fully saturated rings. The van der Waals surface area contributed by atoms with Gasteiger partial charge in [-0.05, 0) is 18.2 Å². The molecule has 0 spiro atoms. The summed E-state index contributed by atoms with van der Waals surface area (Å²) in [5.74, 6) is -0.377. The predicted molar refractivity (Wildman–Crippen MR) is 89.2 cm³/mol. The van der Waals surface area contributed by atoms with E-state index in [4.69, 9.17) is 20.8 Å². The van der Waals surface area contributed by atoms with Gasteiger partial charge in [0.15, 0.2) is 0 Å². The molecule has 1 heterocycles. The van der Waals surface area contributed by atoms with Crippen LogP contribution in [0.25, 0.3) is 11.5 Å². The molecule has 0 saturated carbocycles. The summed E-state index contributed by atoms with van der Waals surface area (Å²) in [4.78, 5) is 26.5. The van der Waals surface area contributed by atoms with Crippen LogP contribution >= 0.6 is 11.6 Å². The minimum Gasteiger partial charge on any atom is -0.455 e. The van der Waals surface area contributed by atoms with Gasteiger partial charge in [-0.1, -0.05) is 29.8 Å². The van der Waals surface area contributed by atoms with Crippen molar-refractivity contribution in [2.24, 2.45) is 0 Å². The smallest absolute Gasteiger partial charge is 0.340 e. The average molecular weight is 359 g/mol. The Bertz CT molecular complexity index is 924. The molecule has 126 valence electrons. The number of esters is 1. The van der Waals surface area contributed by atoms with Gasteiger partial charge in [0.25, 0.3) is 5.69 Å². The van der Waals surface area contributed by atoms with Gasteiger partial charge in [-0.15, -0.1) is 0 Å². The Labute approximate surface area is 147 Å². The number of rotatable bonds is 5. The molecule has 3 aromatic rings. The van der Waals surface area contributed by atoms with Crippen LogP contribution in [-0.4, -0.2) is 15.9 Å². The molecule has 7 nitrogen and oxygen atoms in total. The first-order valence-corrected chi connectivity index (χ1v) is 7.53. The largest absolute Gasteiger partial charge is 0.455 e. The Kier molecular flexibility index (Phi) is 4.76. The van der Waals surface area contributed by atoms with Crippen molar-refractivity contribution in [3.05, 3.63) is 81.2 Å². The topological polar surface area (TPSA) is 95.5 Å². The molecule has 0 aliphatic carbocycles. The number of nitro benzene ring substituents is 1. The van der Waals surface area contributed by atoms with Crippen LogP contribution in [0.4, 0.5) is 5.69 Å². The molecule has 0 amide bonds. The third-order valence-corrected chi connectivity index (χ3v) is 3.63. The number of nitrogens with zero attached hydrogens (tertiary/aromatic N) is 2. The quantitative estimate of drug-likeness (QED) is 0.384. The van der Waals surface area contributed by atoms with E-state index in [1.165, 1.54) is 18.4 Å². The molecule has 1 aromatic heterocycles. The fourth-order valence-electron chi connectivity index (χ4n) is 2.09. The summed E-state index contributed by atoms with van der Waals surface area (Å²) in [7, 11) is 0. The first-order chi connectivity index (χ1) is 12.0. The van der Waals surface area contributed by atoms with Crippen molar-refractivity contribution in [1.29, 1.82) is 0 Å². The predicted octanol–water partition coefficient (Wildman–Crippen LogP) is 4.26. The first kappa shape index (κ1) is 16.7. The van der Waals surface area contributed by atoms with Gasteiger partial charge in [-0.2, -0.15) is 0 Å². The van der Waals surface area contributed by atoms with E-state index in [9.17, 15) is 14.9 Å². The van der Waals surface area contributed by atoms with Crippen LogP contribution in [0, 0.1) is 10.1 Å². The van der Waals surface area contributed by atoms with Crippen LogP contribution in [0.15, 0.2) is 59.2 Å². The zero-order valence-electron chi connectivity index (χ0n) is 12.7. The number of non-ortho nitro benzene ring substituents is 1. The zero-order chi connectivity index (χ0) is 17.8. The van der Waals surface area contributed by atoms with Gasteiger partial charge in [-0.25, -0.2) is 9.78 Å². The molecule has 0 aliphatic heterocycles. The maximum atomic E-state index is 12.1. The third kappa shape index (κ3) is 3.84. The summed E-state index contributed by atoms with van der Waals surface area (Å²) in [5, 5.41) is 10.9. The van der Waals surface area contributed by atoms with Gasteiger partial charge in [0.2, 0.25) is 5.89 Å². The number of benzene rings is 2. The van der Waals surface area contributed by atoms with E-state index in [-0.39, 0.29) is 22.9 Å². The maximum absolute atomic E-state index is 12.1. The lowest BCUT2D eigenvalue weighted by atomic mass is 10.2. The van der Waals surface area contributed by atoms with Crippen molar-refractivity contribution < 1.29 is 18.9 Å². The normalized spacial score (nSPS) is 10.4. The Morgan fingerprint density at radius 2 is 2.00 bits per heavy atom. The van der Waals surface area contributed by atoms with Crippen LogP contribution in [0.1, 0.15) is 16.1 Å². The Morgan fingerprint density at radius 1 is 1.24 bits per heavy atom. The molecule has 0 aliphatic rings. The van der Waals surface area contributed by atoms with Crippen molar-refractivity contribution >= 4 is 23.3 Å². The molecule has 0 saturated heterocycles. The number of oxazole rings is 1. The fraction of sp³-hybridized carbons (Fsp3) is 0.0588. The number of halogens is 1. The summed E-state index contributed by atoms with van der Waals surface area (Å²) < 4.78 is 10.5. The van der Waals surface area contributed by atoms with Gasteiger partial charge in [0, 0.05) is 17.7 Å². The highest BCUT2D eigenvalue weighted by molar-refractivity contribution is 6.33. The summed E-state index contributed by atoms with van der Waals surface area (Å²) in [5.41, 5.74) is 0.877. The number of carbonyl (C=O) groups is 1. The summed E-state index contributed by atoms with van der Waals surface area (Å²) in [6.45, 7) is -0.145. The molecule has 0 unspecified atom stereocenters. The summed E-state index contributed by atoms with van der Waals surface area (Å²) in [6.07, 6.45) is 1.38. The standard InChI is InChI=1S/C17H11ClN2O5/c18-15-7-6-13(20(22)23)8-14(15)17(21)25-10-12-9-24-16(19-12)11-4-2-1-3-5-11/h1-9H,10H2. The van der Waals surface area contributed by atoms with Crippen molar-refractivity contribution in [1.82, 2.24) is 4.98 Å². The Balaban J connectivity index is 1.70. The maximum Gasteiger partial charge on any atom is 0.340 e. The van der Waals surface area contributed by atoms with E-state index < -0.39 is 10.9 Å². The van der Waals surface area contributed by atoms with E-state index in [0.29, 0.717) is 11.6 Å². The highest BCUT2D eigenvalue weighted by atomic mass is 35.5. The highest BCUT2D eigenvalue weighted by Crippen LogP contribution is 2.23. The van der Waals surface area contributed by atoms with E-state index in [0.717, 1.165) is 11.6 Å². The number of hydrogen-bond acceptors (Lipinski definition) is 6. The van der Waals surface area contributed by atoms with Crippen molar-refractivity contribution in [2.75, 3.05) is 0 Å². The second-order valence-corrected chi connectivity index (χ2v) is 5.41. The van der Waals surface area contributed by atoms with Gasteiger partial charge in [0.05, 0.1) is 15.5 Å². The van der Waals surface area contributed by atoms with Gasteiger partial charge < -0.3 is 9.15 Å². The molecule has 25 heavy (non-hydrogen) atoms. The van der Waals surface area contributed by atoms with Gasteiger partial charge in [-0.3, -0.25) is 10.1 Å². The van der Waals surface area contributed by atoms with Crippen LogP contribution in [0.5, 0.6) is 0 Å². The molecular formula is C17H11ClN2O5. The minimum absolute atomic E-state index is 0.0701. The summed E-state index contributed by atoms with van der Waals surface area (Å²) >= 11 is 5.90. The van der Waals surface area contributed by atoms with Crippen LogP contribution in [-0.2, 0) is 11.3 Å². The number of hydrogen-bond donors (Lipinski definition) is 0. The van der Waals surface area contributed by atoms with Crippen molar-refractivity contribution in [3.63, 3.8) is 0 Å². The van der Waals surface area contributed by atoms with Crippen LogP contribution in [0.2, 0.25) is 5.02 Å². The van der Waals surface area contributed by atoms with Crippen molar-refractivity contribution in [2.45, 2.75) is 6.61 Å². The Morgan fingerprint density at radius 3 is 2.72 bits per heavy atom. The Hall–Kier alpha value is -3.19. The van der Waals surface area contributed by atoms with Gasteiger partial charge in [0.1, 0.15) is 18.6 Å². The highest BCUT2D eigenvalue weighted by Gasteiger charge is 2.18. The minimum atomic E-state index is -0.780. The van der Waals surface area contributed by atoms with Crippen LogP contribution < -0.4 is 0 Å².